The molecule has 0 aliphatic carbocycles. The van der Waals surface area contributed by atoms with E-state index in [0.29, 0.717) is 17.8 Å². The van der Waals surface area contributed by atoms with Crippen LogP contribution in [0.3, 0.4) is 0 Å². The van der Waals surface area contributed by atoms with E-state index >= 15 is 0 Å². The molecule has 32 heavy (non-hydrogen) atoms. The molecule has 13 heteroatoms. The van der Waals surface area contributed by atoms with Crippen LogP contribution in [0.1, 0.15) is 27.2 Å². The van der Waals surface area contributed by atoms with E-state index in [2.05, 4.69) is 10.3 Å². The molecule has 0 saturated carbocycles. The number of hydrogen-bond acceptors (Lipinski definition) is 3. The Morgan fingerprint density at radius 1 is 1.00 bits per heavy atom. The van der Waals surface area contributed by atoms with Gasteiger partial charge in [-0.25, -0.2) is 4.68 Å². The van der Waals surface area contributed by atoms with Gasteiger partial charge in [-0.3, -0.25) is 4.79 Å². The Hall–Kier alpha value is -2.79. The molecular weight excluding hydrogens is 485 g/mol. The molecule has 1 heterocycles. The van der Waals surface area contributed by atoms with Gasteiger partial charge in [-0.1, -0.05) is 40.5 Å². The van der Waals surface area contributed by atoms with Crippen molar-refractivity contribution in [1.82, 2.24) is 15.0 Å². The summed E-state index contributed by atoms with van der Waals surface area (Å²) in [4.78, 5) is 13.9. The minimum absolute atomic E-state index is 0.0139. The fraction of sp³-hybridized carbons (Fsp3) is 0.211. The number of rotatable bonds is 4. The van der Waals surface area contributed by atoms with Crippen molar-refractivity contribution in [2.45, 2.75) is 18.9 Å². The Morgan fingerprint density at radius 2 is 1.56 bits per heavy atom. The Bertz CT molecular complexity index is 1130. The molecule has 0 bridgehead atoms. The summed E-state index contributed by atoms with van der Waals surface area (Å²) in [5.74, 6) is -0.727. The second-order valence-electron chi connectivity index (χ2n) is 6.62. The summed E-state index contributed by atoms with van der Waals surface area (Å²) in [5, 5.41) is 7.14. The maximum absolute atomic E-state index is 13.1. The van der Waals surface area contributed by atoms with E-state index < -0.39 is 35.9 Å². The minimum Gasteiger partial charge on any atom is -0.308 e. The van der Waals surface area contributed by atoms with Gasteiger partial charge >= 0.3 is 12.4 Å². The van der Waals surface area contributed by atoms with Crippen LogP contribution in [0.5, 0.6) is 0 Å². The molecule has 0 N–H and O–H groups in total. The summed E-state index contributed by atoms with van der Waals surface area (Å²) in [6.45, 7) is -0.581. The average Bonchev–Trinajstić information content (AvgIpc) is 3.06. The predicted molar refractivity (Wildman–Crippen MR) is 105 cm³/mol. The summed E-state index contributed by atoms with van der Waals surface area (Å²) in [7, 11) is 1.39. The molecule has 0 unspecified atom stereocenters. The number of carbonyl (C=O) groups is 1. The third-order valence-corrected chi connectivity index (χ3v) is 5.07. The lowest BCUT2D eigenvalue weighted by Crippen LogP contribution is -2.27. The summed E-state index contributed by atoms with van der Waals surface area (Å²) >= 11 is 12.2. The Morgan fingerprint density at radius 3 is 2.09 bits per heavy atom. The molecule has 1 aromatic heterocycles. The van der Waals surface area contributed by atoms with Crippen molar-refractivity contribution in [2.75, 3.05) is 11.9 Å². The molecule has 0 fully saturated rings. The van der Waals surface area contributed by atoms with Gasteiger partial charge < -0.3 is 4.90 Å². The third kappa shape index (κ3) is 4.99. The standard InChI is InChI=1S/C19H12Cl2F6N4O/c1-30(14-5-3-2-4-13(14)20)17(32)15-16(21)31(29-28-15)9-10-6-11(18(22,23)24)8-12(7-10)19(25,26)27/h2-8H,9H2,1H3. The highest BCUT2D eigenvalue weighted by Gasteiger charge is 2.37. The molecule has 5 nitrogen and oxygen atoms in total. The SMILES string of the molecule is CN(C(=O)c1nnn(Cc2cc(C(F)(F)F)cc(C(F)(F)F)c2)c1Cl)c1ccccc1Cl. The van der Waals surface area contributed by atoms with Crippen LogP contribution in [0.15, 0.2) is 42.5 Å². The predicted octanol–water partition coefficient (Wildman–Crippen LogP) is 5.95. The van der Waals surface area contributed by atoms with Gasteiger partial charge in [0.2, 0.25) is 0 Å². The number of para-hydroxylation sites is 1. The first-order chi connectivity index (χ1) is 14.8. The Balaban J connectivity index is 1.94. The second kappa shape index (κ2) is 8.62. The molecule has 0 aliphatic heterocycles. The minimum atomic E-state index is -5.00. The fourth-order valence-electron chi connectivity index (χ4n) is 2.81. The van der Waals surface area contributed by atoms with Gasteiger partial charge in [0.05, 0.1) is 28.4 Å². The van der Waals surface area contributed by atoms with E-state index in [4.69, 9.17) is 23.2 Å². The van der Waals surface area contributed by atoms with E-state index in [0.717, 1.165) is 9.58 Å². The summed E-state index contributed by atoms with van der Waals surface area (Å²) in [5.41, 5.74) is -3.35. The van der Waals surface area contributed by atoms with Crippen molar-refractivity contribution in [3.05, 3.63) is 75.0 Å². The van der Waals surface area contributed by atoms with E-state index in [1.807, 2.05) is 0 Å². The number of carbonyl (C=O) groups excluding carboxylic acids is 1. The van der Waals surface area contributed by atoms with Crippen LogP contribution in [0.25, 0.3) is 0 Å². The molecule has 170 valence electrons. The summed E-state index contributed by atoms with van der Waals surface area (Å²) < 4.78 is 79.2. The smallest absolute Gasteiger partial charge is 0.308 e. The van der Waals surface area contributed by atoms with Gasteiger partial charge in [0.15, 0.2) is 10.8 Å². The third-order valence-electron chi connectivity index (χ3n) is 4.38. The normalized spacial score (nSPS) is 12.2. The molecule has 0 radical (unpaired) electrons. The highest BCUT2D eigenvalue weighted by Crippen LogP contribution is 2.36. The Labute approximate surface area is 187 Å². The molecule has 1 amide bonds. The maximum atomic E-state index is 13.1. The average molecular weight is 497 g/mol. The first-order valence-electron chi connectivity index (χ1n) is 8.69. The number of nitrogens with zero attached hydrogens (tertiary/aromatic N) is 4. The number of anilines is 1. The molecular formula is C19H12Cl2F6N4O. The van der Waals surface area contributed by atoms with Crippen molar-refractivity contribution in [2.24, 2.45) is 0 Å². The second-order valence-corrected chi connectivity index (χ2v) is 7.38. The zero-order valence-electron chi connectivity index (χ0n) is 16.0. The quantitative estimate of drug-likeness (QED) is 0.419. The molecule has 3 aromatic rings. The lowest BCUT2D eigenvalue weighted by Gasteiger charge is -2.17. The maximum Gasteiger partial charge on any atom is 0.416 e. The van der Waals surface area contributed by atoms with Gasteiger partial charge in [-0.05, 0) is 35.9 Å². The lowest BCUT2D eigenvalue weighted by molar-refractivity contribution is -0.143. The van der Waals surface area contributed by atoms with Crippen molar-refractivity contribution in [3.8, 4) is 0 Å². The summed E-state index contributed by atoms with van der Waals surface area (Å²) in [6.07, 6.45) is -10.00. The first-order valence-corrected chi connectivity index (χ1v) is 9.44. The van der Waals surface area contributed by atoms with E-state index in [9.17, 15) is 31.1 Å². The molecule has 0 spiro atoms. The number of benzene rings is 2. The van der Waals surface area contributed by atoms with Crippen molar-refractivity contribution < 1.29 is 31.1 Å². The van der Waals surface area contributed by atoms with Crippen LogP contribution in [-0.2, 0) is 18.9 Å². The van der Waals surface area contributed by atoms with Gasteiger partial charge in [-0.15, -0.1) is 5.10 Å². The zero-order chi connectivity index (χ0) is 23.8. The van der Waals surface area contributed by atoms with Gasteiger partial charge in [-0.2, -0.15) is 26.3 Å². The molecule has 0 atom stereocenters. The van der Waals surface area contributed by atoms with E-state index in [1.54, 1.807) is 24.3 Å². The monoisotopic (exact) mass is 496 g/mol. The number of halogens is 8. The van der Waals surface area contributed by atoms with Gasteiger partial charge in [0.25, 0.3) is 5.91 Å². The van der Waals surface area contributed by atoms with E-state index in [-0.39, 0.29) is 27.5 Å². The molecule has 0 saturated heterocycles. The number of hydrogen-bond donors (Lipinski definition) is 0. The van der Waals surface area contributed by atoms with Crippen molar-refractivity contribution in [1.29, 1.82) is 0 Å². The van der Waals surface area contributed by atoms with E-state index in [1.165, 1.54) is 7.05 Å². The van der Waals surface area contributed by atoms with Gasteiger partial charge in [0.1, 0.15) is 0 Å². The summed E-state index contributed by atoms with van der Waals surface area (Å²) in [6, 6.07) is 7.49. The largest absolute Gasteiger partial charge is 0.416 e. The van der Waals surface area contributed by atoms with Crippen LogP contribution in [0, 0.1) is 0 Å². The van der Waals surface area contributed by atoms with Crippen molar-refractivity contribution in [3.63, 3.8) is 0 Å². The van der Waals surface area contributed by atoms with Crippen LogP contribution >= 0.6 is 23.2 Å². The lowest BCUT2D eigenvalue weighted by atomic mass is 10.0. The fourth-order valence-corrected chi connectivity index (χ4v) is 3.28. The van der Waals surface area contributed by atoms with Gasteiger partial charge in [0, 0.05) is 7.05 Å². The number of alkyl halides is 6. The first kappa shape index (κ1) is 23.9. The highest BCUT2D eigenvalue weighted by molar-refractivity contribution is 6.35. The molecule has 2 aromatic carbocycles. The van der Waals surface area contributed by atoms with Crippen LogP contribution in [-0.4, -0.2) is 27.9 Å². The van der Waals surface area contributed by atoms with Crippen LogP contribution < -0.4 is 4.90 Å². The molecule has 3 rings (SSSR count). The van der Waals surface area contributed by atoms with Crippen LogP contribution in [0.4, 0.5) is 32.0 Å². The van der Waals surface area contributed by atoms with Crippen molar-refractivity contribution >= 4 is 34.8 Å². The highest BCUT2D eigenvalue weighted by atomic mass is 35.5. The zero-order valence-corrected chi connectivity index (χ0v) is 17.5. The topological polar surface area (TPSA) is 51.0 Å². The Kier molecular flexibility index (Phi) is 6.43. The number of aromatic nitrogens is 3. The molecule has 0 aliphatic rings. The number of amides is 1. The van der Waals surface area contributed by atoms with Crippen LogP contribution in [0.2, 0.25) is 10.2 Å².